The van der Waals surface area contributed by atoms with Gasteiger partial charge in [0.05, 0.1) is 24.9 Å². The molecule has 1 aliphatic heterocycles. The maximum Gasteiger partial charge on any atom is 0.193 e. The lowest BCUT2D eigenvalue weighted by atomic mass is 9.46. The Labute approximate surface area is 263 Å². The number of hydrogen-bond acceptors (Lipinski definition) is 7. The Morgan fingerprint density at radius 1 is 1.11 bits per heavy atom. The van der Waals surface area contributed by atoms with Crippen LogP contribution in [0.4, 0.5) is 0 Å². The van der Waals surface area contributed by atoms with Gasteiger partial charge in [-0.1, -0.05) is 49.8 Å². The number of aliphatic hydroxyl groups is 3. The molecule has 0 amide bonds. The molecule has 1 aromatic carbocycles. The van der Waals surface area contributed by atoms with Gasteiger partial charge in [0.15, 0.2) is 23.5 Å². The summed E-state index contributed by atoms with van der Waals surface area (Å²) in [6, 6.07) is 10.3. The predicted molar refractivity (Wildman–Crippen MR) is 165 cm³/mol. The van der Waals surface area contributed by atoms with Crippen LogP contribution < -0.4 is 0 Å². The summed E-state index contributed by atoms with van der Waals surface area (Å²) in [7, 11) is 0. The van der Waals surface area contributed by atoms with Crippen LogP contribution >= 0.6 is 0 Å². The van der Waals surface area contributed by atoms with Crippen LogP contribution in [0.15, 0.2) is 66.5 Å². The van der Waals surface area contributed by atoms with Gasteiger partial charge in [-0.05, 0) is 85.6 Å². The Kier molecular flexibility index (Phi) is 6.76. The normalized spacial score (nSPS) is 40.7. The standard InChI is InChI=1S/C37H43NO7/c1-35-13-11-26(41)15-25(35)9-10-27-28-16-31-37(30(43)20-40,36(28,2)17-29(42)32(27)35)45-34(44-31)24-12-14-38(18-24)33(23-7-8-23)22-5-3-21(19-39)4-6-22/h3-6,11-15,18,23,27-29,31-34,39-40,42H,7-10,16-17,19-20H2,1-2H3/t27-,28-,29-,31+,32+,33+,34+,35-,36-,37+/m0/s1. The molecule has 3 N–H and O–H groups in total. The molecule has 2 heterocycles. The zero-order valence-corrected chi connectivity index (χ0v) is 26.0. The number of carbonyl (C=O) groups is 2. The summed E-state index contributed by atoms with van der Waals surface area (Å²) < 4.78 is 15.7. The molecule has 1 saturated heterocycles. The third-order valence-electron chi connectivity index (χ3n) is 12.7. The van der Waals surface area contributed by atoms with E-state index >= 15 is 0 Å². The second-order valence-corrected chi connectivity index (χ2v) is 14.9. The lowest BCUT2D eigenvalue weighted by molar-refractivity contribution is -0.201. The minimum Gasteiger partial charge on any atom is -0.393 e. The summed E-state index contributed by atoms with van der Waals surface area (Å²) in [4.78, 5) is 26.1. The second-order valence-electron chi connectivity index (χ2n) is 14.9. The molecule has 45 heavy (non-hydrogen) atoms. The first-order chi connectivity index (χ1) is 21.6. The van der Waals surface area contributed by atoms with E-state index in [0.717, 1.165) is 42.4 Å². The third-order valence-corrected chi connectivity index (χ3v) is 12.7. The minimum absolute atomic E-state index is 0.00341. The Morgan fingerprint density at radius 2 is 1.89 bits per heavy atom. The summed E-state index contributed by atoms with van der Waals surface area (Å²) in [6.07, 6.45) is 12.4. The first-order valence-electron chi connectivity index (χ1n) is 16.6. The van der Waals surface area contributed by atoms with Crippen molar-refractivity contribution in [3.8, 4) is 0 Å². The minimum atomic E-state index is -1.36. The van der Waals surface area contributed by atoms with E-state index in [1.165, 1.54) is 5.56 Å². The highest BCUT2D eigenvalue weighted by Gasteiger charge is 2.76. The van der Waals surface area contributed by atoms with Gasteiger partial charge in [-0.3, -0.25) is 9.59 Å². The highest BCUT2D eigenvalue weighted by Crippen LogP contribution is 2.70. The number of ether oxygens (including phenoxy) is 2. The summed E-state index contributed by atoms with van der Waals surface area (Å²) in [6.45, 7) is 3.57. The molecule has 0 unspecified atom stereocenters. The first kappa shape index (κ1) is 29.5. The number of hydrogen-bond donors (Lipinski definition) is 3. The zero-order chi connectivity index (χ0) is 31.3. The van der Waals surface area contributed by atoms with Gasteiger partial charge in [-0.2, -0.15) is 0 Å². The molecule has 0 radical (unpaired) electrons. The van der Waals surface area contributed by atoms with Gasteiger partial charge in [0.25, 0.3) is 0 Å². The Hall–Kier alpha value is -2.88. The lowest BCUT2D eigenvalue weighted by Gasteiger charge is -2.59. The molecule has 238 valence electrons. The summed E-state index contributed by atoms with van der Waals surface area (Å²) in [5, 5.41) is 31.7. The van der Waals surface area contributed by atoms with Crippen molar-refractivity contribution < 1.29 is 34.4 Å². The number of Topliss-reactive ketones (excluding diaryl/α,β-unsaturated/α-hetero) is 1. The smallest absolute Gasteiger partial charge is 0.193 e. The molecular formula is C37H43NO7. The average molecular weight is 614 g/mol. The topological polar surface area (TPSA) is 118 Å². The van der Waals surface area contributed by atoms with Crippen LogP contribution in [0.5, 0.6) is 0 Å². The number of aromatic nitrogens is 1. The van der Waals surface area contributed by atoms with Crippen molar-refractivity contribution in [3.63, 3.8) is 0 Å². The number of benzene rings is 1. The molecule has 1 aromatic heterocycles. The van der Waals surface area contributed by atoms with Crippen LogP contribution in [0, 0.1) is 34.5 Å². The van der Waals surface area contributed by atoms with Crippen LogP contribution in [0.25, 0.3) is 0 Å². The average Bonchev–Trinajstić information content (AvgIpc) is 3.51. The summed E-state index contributed by atoms with van der Waals surface area (Å²) in [5.41, 5.74) is 1.49. The highest BCUT2D eigenvalue weighted by atomic mass is 16.7. The first-order valence-corrected chi connectivity index (χ1v) is 16.6. The van der Waals surface area contributed by atoms with Crippen molar-refractivity contribution in [2.45, 2.75) is 89.1 Å². The summed E-state index contributed by atoms with van der Waals surface area (Å²) >= 11 is 0. The van der Waals surface area contributed by atoms with Crippen molar-refractivity contribution in [1.82, 2.24) is 4.57 Å². The molecule has 2 aromatic rings. The van der Waals surface area contributed by atoms with E-state index in [4.69, 9.17) is 9.47 Å². The number of ketones is 2. The van der Waals surface area contributed by atoms with Crippen LogP contribution in [-0.4, -0.2) is 55.9 Å². The van der Waals surface area contributed by atoms with E-state index in [1.807, 2.05) is 24.3 Å². The number of allylic oxidation sites excluding steroid dienone is 4. The molecule has 8 heteroatoms. The van der Waals surface area contributed by atoms with E-state index in [1.54, 1.807) is 12.2 Å². The number of carbonyl (C=O) groups excluding carboxylic acids is 2. The van der Waals surface area contributed by atoms with Crippen LogP contribution in [0.2, 0.25) is 0 Å². The number of aliphatic hydroxyl groups excluding tert-OH is 3. The maximum atomic E-state index is 13.9. The Morgan fingerprint density at radius 3 is 2.60 bits per heavy atom. The van der Waals surface area contributed by atoms with Gasteiger partial charge >= 0.3 is 0 Å². The van der Waals surface area contributed by atoms with Crippen molar-refractivity contribution in [2.75, 3.05) is 6.61 Å². The van der Waals surface area contributed by atoms with Crippen molar-refractivity contribution in [1.29, 1.82) is 0 Å². The fraction of sp³-hybridized carbons (Fsp3) is 0.568. The predicted octanol–water partition coefficient (Wildman–Crippen LogP) is 4.58. The summed E-state index contributed by atoms with van der Waals surface area (Å²) in [5.74, 6) is 0.256. The number of fused-ring (bicyclic) bond motifs is 7. The van der Waals surface area contributed by atoms with Crippen LogP contribution in [0.1, 0.15) is 81.4 Å². The largest absolute Gasteiger partial charge is 0.393 e. The van der Waals surface area contributed by atoms with Gasteiger partial charge in [-0.15, -0.1) is 0 Å². The van der Waals surface area contributed by atoms with E-state index in [9.17, 15) is 24.9 Å². The number of nitrogens with zero attached hydrogens (tertiary/aromatic N) is 1. The van der Waals surface area contributed by atoms with Crippen molar-refractivity contribution in [2.24, 2.45) is 34.5 Å². The zero-order valence-electron chi connectivity index (χ0n) is 26.0. The fourth-order valence-electron chi connectivity index (χ4n) is 10.5. The second kappa shape index (κ2) is 10.3. The van der Waals surface area contributed by atoms with E-state index in [2.05, 4.69) is 42.9 Å². The Bertz CT molecular complexity index is 1590. The quantitative estimate of drug-likeness (QED) is 0.418. The maximum absolute atomic E-state index is 13.9. The van der Waals surface area contributed by atoms with Gasteiger partial charge in [0, 0.05) is 34.7 Å². The molecule has 8 nitrogen and oxygen atoms in total. The molecule has 5 fully saturated rings. The monoisotopic (exact) mass is 613 g/mol. The van der Waals surface area contributed by atoms with E-state index in [0.29, 0.717) is 18.8 Å². The highest BCUT2D eigenvalue weighted by molar-refractivity contribution is 6.01. The molecule has 8 rings (SSSR count). The van der Waals surface area contributed by atoms with Gasteiger partial charge in [0.1, 0.15) is 6.61 Å². The molecular weight excluding hydrogens is 570 g/mol. The molecule has 10 atom stereocenters. The molecule has 5 aliphatic carbocycles. The molecule has 6 aliphatic rings. The van der Waals surface area contributed by atoms with Gasteiger partial charge in [0.2, 0.25) is 0 Å². The molecule has 0 spiro atoms. The van der Waals surface area contributed by atoms with Crippen molar-refractivity contribution >= 4 is 11.6 Å². The van der Waals surface area contributed by atoms with E-state index in [-0.39, 0.29) is 42.0 Å². The Balaban J connectivity index is 1.10. The number of rotatable bonds is 7. The fourth-order valence-corrected chi connectivity index (χ4v) is 10.5. The van der Waals surface area contributed by atoms with Crippen LogP contribution in [0.3, 0.4) is 0 Å². The van der Waals surface area contributed by atoms with E-state index < -0.39 is 41.5 Å². The molecule has 0 bridgehead atoms. The van der Waals surface area contributed by atoms with Gasteiger partial charge in [-0.25, -0.2) is 0 Å². The van der Waals surface area contributed by atoms with Crippen molar-refractivity contribution in [3.05, 3.63) is 83.2 Å². The SMILES string of the molecule is C[C@]12C=CC(=O)C=C1CC[C@@H]1[C@@H]2[C@@H](O)C[C@@]2(C)[C@H]1C[C@H]1O[C@@H](c3ccn([C@H](c4ccc(CO)cc4)C4CC4)c3)O[C@]12C(=O)CO. The van der Waals surface area contributed by atoms with Crippen LogP contribution in [-0.2, 0) is 25.7 Å². The van der Waals surface area contributed by atoms with Gasteiger partial charge < -0.3 is 29.4 Å². The lowest BCUT2D eigenvalue weighted by Crippen LogP contribution is -2.63. The third kappa shape index (κ3) is 4.15. The molecule has 4 saturated carbocycles.